The summed E-state index contributed by atoms with van der Waals surface area (Å²) in [5.41, 5.74) is 0.847. The molecule has 0 fully saturated rings. The summed E-state index contributed by atoms with van der Waals surface area (Å²) < 4.78 is 6.34. The van der Waals surface area contributed by atoms with Crippen molar-refractivity contribution >= 4 is 29.3 Å². The summed E-state index contributed by atoms with van der Waals surface area (Å²) in [5.74, 6) is -0.115. The molecule has 5 nitrogen and oxygen atoms in total. The minimum absolute atomic E-state index is 0.190. The average molecular weight is 284 g/mol. The Morgan fingerprint density at radius 1 is 1.56 bits per heavy atom. The number of thioether (sulfide) groups is 1. The maximum atomic E-state index is 11.1. The van der Waals surface area contributed by atoms with E-state index in [9.17, 15) is 4.79 Å². The van der Waals surface area contributed by atoms with E-state index >= 15 is 0 Å². The van der Waals surface area contributed by atoms with Crippen LogP contribution in [0.3, 0.4) is 0 Å². The van der Waals surface area contributed by atoms with Gasteiger partial charge in [0.1, 0.15) is 6.33 Å². The summed E-state index contributed by atoms with van der Waals surface area (Å²) in [7, 11) is 1.35. The number of aromatic nitrogens is 3. The van der Waals surface area contributed by atoms with E-state index in [1.165, 1.54) is 18.9 Å². The largest absolute Gasteiger partial charge is 0.468 e. The molecule has 0 N–H and O–H groups in total. The Kier molecular flexibility index (Phi) is 4.22. The second-order valence-electron chi connectivity index (χ2n) is 3.33. The van der Waals surface area contributed by atoms with E-state index in [1.807, 2.05) is 12.1 Å². The monoisotopic (exact) mass is 283 g/mol. The molecule has 0 saturated carbocycles. The van der Waals surface area contributed by atoms with Gasteiger partial charge in [-0.1, -0.05) is 29.4 Å². The standard InChI is InChI=1S/C11H10ClN3O2S/c1-17-10(16)6-18-11-14-13-7-15(11)9-4-2-3-8(12)5-9/h2-5,7H,6H2,1H3. The van der Waals surface area contributed by atoms with Crippen molar-refractivity contribution in [2.75, 3.05) is 12.9 Å². The molecule has 7 heteroatoms. The summed E-state index contributed by atoms with van der Waals surface area (Å²) in [6.45, 7) is 0. The Morgan fingerprint density at radius 3 is 3.11 bits per heavy atom. The molecule has 0 spiro atoms. The second-order valence-corrected chi connectivity index (χ2v) is 4.71. The third-order valence-corrected chi connectivity index (χ3v) is 3.30. The molecular formula is C11H10ClN3O2S. The van der Waals surface area contributed by atoms with Crippen LogP contribution < -0.4 is 0 Å². The van der Waals surface area contributed by atoms with Crippen molar-refractivity contribution < 1.29 is 9.53 Å². The normalized spacial score (nSPS) is 10.3. The van der Waals surface area contributed by atoms with Crippen molar-refractivity contribution in [3.05, 3.63) is 35.6 Å². The first-order chi connectivity index (χ1) is 8.70. The van der Waals surface area contributed by atoms with Gasteiger partial charge in [0.25, 0.3) is 0 Å². The molecule has 0 radical (unpaired) electrons. The molecule has 0 aliphatic rings. The van der Waals surface area contributed by atoms with Crippen LogP contribution >= 0.6 is 23.4 Å². The number of halogens is 1. The highest BCUT2D eigenvalue weighted by Crippen LogP contribution is 2.21. The Hall–Kier alpha value is -1.53. The highest BCUT2D eigenvalue weighted by atomic mass is 35.5. The highest BCUT2D eigenvalue weighted by molar-refractivity contribution is 7.99. The molecule has 1 heterocycles. The number of methoxy groups -OCH3 is 1. The number of carbonyl (C=O) groups excluding carboxylic acids is 1. The van der Waals surface area contributed by atoms with Gasteiger partial charge in [-0.2, -0.15) is 0 Å². The van der Waals surface area contributed by atoms with E-state index in [-0.39, 0.29) is 11.7 Å². The number of ether oxygens (including phenoxy) is 1. The number of carbonyl (C=O) groups is 1. The molecule has 0 saturated heterocycles. The molecule has 1 aromatic carbocycles. The van der Waals surface area contributed by atoms with Crippen molar-refractivity contribution in [3.63, 3.8) is 0 Å². The minimum atomic E-state index is -0.305. The van der Waals surface area contributed by atoms with Crippen LogP contribution in [-0.2, 0) is 9.53 Å². The minimum Gasteiger partial charge on any atom is -0.468 e. The molecule has 2 aromatic rings. The SMILES string of the molecule is COC(=O)CSc1nncn1-c1cccc(Cl)c1. The summed E-state index contributed by atoms with van der Waals surface area (Å²) in [6.07, 6.45) is 1.57. The quantitative estimate of drug-likeness (QED) is 0.636. The van der Waals surface area contributed by atoms with E-state index in [1.54, 1.807) is 23.0 Å². The first-order valence-electron chi connectivity index (χ1n) is 5.06. The molecule has 18 heavy (non-hydrogen) atoms. The number of benzene rings is 1. The lowest BCUT2D eigenvalue weighted by molar-refractivity contribution is -0.137. The van der Waals surface area contributed by atoms with Crippen LogP contribution in [0.2, 0.25) is 5.02 Å². The molecule has 0 aliphatic carbocycles. The third-order valence-electron chi connectivity index (χ3n) is 2.15. The Labute approximate surface area is 113 Å². The van der Waals surface area contributed by atoms with Crippen LogP contribution in [0.5, 0.6) is 0 Å². The van der Waals surface area contributed by atoms with Crippen LogP contribution in [-0.4, -0.2) is 33.6 Å². The van der Waals surface area contributed by atoms with E-state index in [2.05, 4.69) is 14.9 Å². The van der Waals surface area contributed by atoms with Gasteiger partial charge in [-0.05, 0) is 18.2 Å². The fraction of sp³-hybridized carbons (Fsp3) is 0.182. The van der Waals surface area contributed by atoms with Crippen LogP contribution in [0.1, 0.15) is 0 Å². The van der Waals surface area contributed by atoms with Gasteiger partial charge in [0.2, 0.25) is 0 Å². The molecule has 94 valence electrons. The lowest BCUT2D eigenvalue weighted by atomic mass is 10.3. The second kappa shape index (κ2) is 5.88. The Balaban J connectivity index is 2.20. The van der Waals surface area contributed by atoms with Gasteiger partial charge in [-0.3, -0.25) is 9.36 Å². The van der Waals surface area contributed by atoms with Crippen molar-refractivity contribution in [1.29, 1.82) is 0 Å². The topological polar surface area (TPSA) is 57.0 Å². The van der Waals surface area contributed by atoms with Crippen LogP contribution in [0, 0.1) is 0 Å². The zero-order chi connectivity index (χ0) is 13.0. The van der Waals surface area contributed by atoms with Crippen molar-refractivity contribution in [3.8, 4) is 5.69 Å². The highest BCUT2D eigenvalue weighted by Gasteiger charge is 2.10. The Bertz CT molecular complexity index is 559. The number of esters is 1. The van der Waals surface area contributed by atoms with Gasteiger partial charge in [0.15, 0.2) is 5.16 Å². The first kappa shape index (κ1) is 12.9. The molecule has 0 aliphatic heterocycles. The molecule has 0 unspecified atom stereocenters. The molecule has 0 atom stereocenters. The maximum absolute atomic E-state index is 11.1. The van der Waals surface area contributed by atoms with E-state index in [0.29, 0.717) is 10.2 Å². The van der Waals surface area contributed by atoms with Gasteiger partial charge >= 0.3 is 5.97 Å². The van der Waals surface area contributed by atoms with E-state index < -0.39 is 0 Å². The van der Waals surface area contributed by atoms with Crippen LogP contribution in [0.25, 0.3) is 5.69 Å². The van der Waals surface area contributed by atoms with Crippen molar-refractivity contribution in [2.45, 2.75) is 5.16 Å². The molecule has 2 rings (SSSR count). The zero-order valence-electron chi connectivity index (χ0n) is 9.54. The molecular weight excluding hydrogens is 274 g/mol. The lowest BCUT2D eigenvalue weighted by Gasteiger charge is -2.05. The van der Waals surface area contributed by atoms with Gasteiger partial charge in [-0.15, -0.1) is 10.2 Å². The van der Waals surface area contributed by atoms with E-state index in [4.69, 9.17) is 11.6 Å². The fourth-order valence-electron chi connectivity index (χ4n) is 1.31. The van der Waals surface area contributed by atoms with Crippen molar-refractivity contribution in [2.24, 2.45) is 0 Å². The summed E-state index contributed by atoms with van der Waals surface area (Å²) in [4.78, 5) is 11.1. The summed E-state index contributed by atoms with van der Waals surface area (Å²) in [6, 6.07) is 7.31. The van der Waals surface area contributed by atoms with Crippen LogP contribution in [0.4, 0.5) is 0 Å². The number of rotatable bonds is 4. The lowest BCUT2D eigenvalue weighted by Crippen LogP contribution is -2.04. The average Bonchev–Trinajstić information content (AvgIpc) is 2.84. The van der Waals surface area contributed by atoms with Gasteiger partial charge in [-0.25, -0.2) is 0 Å². The molecule has 0 bridgehead atoms. The summed E-state index contributed by atoms with van der Waals surface area (Å²) in [5, 5.41) is 9.03. The number of hydrogen-bond donors (Lipinski definition) is 0. The van der Waals surface area contributed by atoms with Crippen LogP contribution in [0.15, 0.2) is 35.7 Å². The van der Waals surface area contributed by atoms with Gasteiger partial charge in [0, 0.05) is 5.02 Å². The molecule has 1 aromatic heterocycles. The van der Waals surface area contributed by atoms with Crippen molar-refractivity contribution in [1.82, 2.24) is 14.8 Å². The molecule has 0 amide bonds. The first-order valence-corrected chi connectivity index (χ1v) is 6.42. The Morgan fingerprint density at radius 2 is 2.39 bits per heavy atom. The zero-order valence-corrected chi connectivity index (χ0v) is 11.1. The van der Waals surface area contributed by atoms with Gasteiger partial charge in [0.05, 0.1) is 18.6 Å². The predicted octanol–water partition coefficient (Wildman–Crippen LogP) is 2.19. The maximum Gasteiger partial charge on any atom is 0.316 e. The van der Waals surface area contributed by atoms with Gasteiger partial charge < -0.3 is 4.74 Å². The fourth-order valence-corrected chi connectivity index (χ4v) is 2.25. The summed E-state index contributed by atoms with van der Waals surface area (Å²) >= 11 is 7.19. The smallest absolute Gasteiger partial charge is 0.316 e. The van der Waals surface area contributed by atoms with E-state index in [0.717, 1.165) is 5.69 Å². The number of nitrogens with zero attached hydrogens (tertiary/aromatic N) is 3. The third kappa shape index (κ3) is 3.02. The number of hydrogen-bond acceptors (Lipinski definition) is 5. The predicted molar refractivity (Wildman–Crippen MR) is 69.1 cm³/mol.